The molecule has 0 fully saturated rings. The first-order valence-corrected chi connectivity index (χ1v) is 2.78. The first kappa shape index (κ1) is 6.26. The fraction of sp³-hybridized carbons (Fsp3) is 0.500. The number of aryl methyl sites for hydroxylation is 1. The average Bonchev–Trinajstić information content (AvgIpc) is 1.98. The topological polar surface area (TPSA) is 17.8 Å². The minimum absolute atomic E-state index is 0.412. The van der Waals surface area contributed by atoms with Crippen LogP contribution in [0.15, 0.2) is 0 Å². The molecule has 0 atom stereocenters. The molecule has 9 heavy (non-hydrogen) atoms. The van der Waals surface area contributed by atoms with Crippen LogP contribution in [0.4, 0.5) is 4.39 Å². The van der Waals surface area contributed by atoms with Crippen molar-refractivity contribution in [2.45, 2.75) is 13.8 Å². The molecule has 0 aliphatic carbocycles. The van der Waals surface area contributed by atoms with Crippen LogP contribution >= 0.6 is 0 Å². The van der Waals surface area contributed by atoms with Gasteiger partial charge in [0.2, 0.25) is 0 Å². The Hall–Kier alpha value is -0.860. The van der Waals surface area contributed by atoms with Crippen molar-refractivity contribution in [2.24, 2.45) is 7.05 Å². The van der Waals surface area contributed by atoms with Gasteiger partial charge in [0.25, 0.3) is 6.08 Å². The number of nitrogens with zero attached hydrogens (tertiary/aromatic N) is 2. The van der Waals surface area contributed by atoms with Crippen LogP contribution in [0.1, 0.15) is 11.4 Å². The van der Waals surface area contributed by atoms with Crippen molar-refractivity contribution in [2.75, 3.05) is 0 Å². The van der Waals surface area contributed by atoms with Gasteiger partial charge >= 0.3 is 0 Å². The lowest BCUT2D eigenvalue weighted by molar-refractivity contribution is 0.496. The van der Waals surface area contributed by atoms with Crippen LogP contribution < -0.4 is 0 Å². The first-order valence-electron chi connectivity index (χ1n) is 2.78. The van der Waals surface area contributed by atoms with E-state index in [2.05, 4.69) is 4.98 Å². The number of hydrogen-bond acceptors (Lipinski definition) is 1. The number of imidazole rings is 1. The predicted molar refractivity (Wildman–Crippen MR) is 32.6 cm³/mol. The van der Waals surface area contributed by atoms with Gasteiger partial charge in [-0.1, -0.05) is 0 Å². The summed E-state index contributed by atoms with van der Waals surface area (Å²) in [6.07, 6.45) is -0.412. The molecule has 0 N–H and O–H groups in total. The third kappa shape index (κ3) is 0.823. The molecule has 0 aromatic carbocycles. The van der Waals surface area contributed by atoms with E-state index in [4.69, 9.17) is 0 Å². The molecule has 0 bridgehead atoms. The van der Waals surface area contributed by atoms with Crippen LogP contribution in [0, 0.1) is 19.9 Å². The predicted octanol–water partition coefficient (Wildman–Crippen LogP) is 1.18. The summed E-state index contributed by atoms with van der Waals surface area (Å²) < 4.78 is 13.9. The van der Waals surface area contributed by atoms with Gasteiger partial charge in [0.05, 0.1) is 5.69 Å². The fourth-order valence-corrected chi connectivity index (χ4v) is 0.675. The normalized spacial score (nSPS) is 10.2. The van der Waals surface area contributed by atoms with Crippen molar-refractivity contribution < 1.29 is 4.39 Å². The summed E-state index contributed by atoms with van der Waals surface area (Å²) in [5, 5.41) is 0. The van der Waals surface area contributed by atoms with Crippen molar-refractivity contribution in [3.05, 3.63) is 17.5 Å². The van der Waals surface area contributed by atoms with Gasteiger partial charge in [-0.25, -0.2) is 4.98 Å². The van der Waals surface area contributed by atoms with Crippen LogP contribution in [-0.2, 0) is 7.05 Å². The van der Waals surface area contributed by atoms with E-state index < -0.39 is 6.08 Å². The van der Waals surface area contributed by atoms with Gasteiger partial charge in [-0.05, 0) is 13.8 Å². The molecule has 1 aromatic heterocycles. The zero-order chi connectivity index (χ0) is 7.02. The van der Waals surface area contributed by atoms with Gasteiger partial charge in [-0.2, -0.15) is 4.39 Å². The van der Waals surface area contributed by atoms with Crippen LogP contribution in [0.25, 0.3) is 0 Å². The highest BCUT2D eigenvalue weighted by Crippen LogP contribution is 2.04. The summed E-state index contributed by atoms with van der Waals surface area (Å²) in [4.78, 5) is 3.61. The van der Waals surface area contributed by atoms with Crippen molar-refractivity contribution in [1.82, 2.24) is 9.55 Å². The monoisotopic (exact) mass is 128 g/mol. The van der Waals surface area contributed by atoms with E-state index in [1.807, 2.05) is 6.92 Å². The van der Waals surface area contributed by atoms with Gasteiger partial charge in [-0.15, -0.1) is 0 Å². The standard InChI is InChI=1S/C6H9FN2/c1-4-5(2)9(3)6(7)8-4/h1-3H3. The van der Waals surface area contributed by atoms with Crippen LogP contribution in [0.3, 0.4) is 0 Å². The molecule has 2 nitrogen and oxygen atoms in total. The lowest BCUT2D eigenvalue weighted by Crippen LogP contribution is -1.93. The molecule has 0 amide bonds. The molecule has 0 aliphatic heterocycles. The zero-order valence-corrected chi connectivity index (χ0v) is 5.77. The number of aromatic nitrogens is 2. The molecule has 0 radical (unpaired) electrons. The zero-order valence-electron chi connectivity index (χ0n) is 5.77. The maximum atomic E-state index is 12.5. The van der Waals surface area contributed by atoms with E-state index in [0.717, 1.165) is 11.4 Å². The molecular formula is C6H9FN2. The second-order valence-electron chi connectivity index (χ2n) is 2.11. The number of halogens is 1. The second kappa shape index (κ2) is 1.83. The van der Waals surface area contributed by atoms with E-state index >= 15 is 0 Å². The van der Waals surface area contributed by atoms with Gasteiger partial charge in [0.15, 0.2) is 0 Å². The van der Waals surface area contributed by atoms with E-state index in [1.54, 1.807) is 14.0 Å². The molecule has 0 spiro atoms. The largest absolute Gasteiger partial charge is 0.308 e. The van der Waals surface area contributed by atoms with Crippen LogP contribution in [0.2, 0.25) is 0 Å². The molecule has 50 valence electrons. The van der Waals surface area contributed by atoms with Gasteiger partial charge in [-0.3, -0.25) is 0 Å². The number of hydrogen-bond donors (Lipinski definition) is 0. The summed E-state index contributed by atoms with van der Waals surface area (Å²) in [5.41, 5.74) is 1.64. The maximum Gasteiger partial charge on any atom is 0.289 e. The van der Waals surface area contributed by atoms with E-state index in [1.165, 1.54) is 4.57 Å². The summed E-state index contributed by atoms with van der Waals surface area (Å²) in [7, 11) is 1.66. The molecule has 0 saturated carbocycles. The van der Waals surface area contributed by atoms with Crippen molar-refractivity contribution in [3.8, 4) is 0 Å². The molecule has 0 saturated heterocycles. The Bertz CT molecular complexity index is 205. The van der Waals surface area contributed by atoms with Gasteiger partial charge in [0, 0.05) is 12.7 Å². The highest BCUT2D eigenvalue weighted by atomic mass is 19.1. The molecule has 1 heterocycles. The highest BCUT2D eigenvalue weighted by molar-refractivity contribution is 5.08. The van der Waals surface area contributed by atoms with E-state index in [9.17, 15) is 4.39 Å². The lowest BCUT2D eigenvalue weighted by Gasteiger charge is -1.92. The summed E-state index contributed by atoms with van der Waals surface area (Å²) >= 11 is 0. The fourth-order valence-electron chi connectivity index (χ4n) is 0.675. The number of rotatable bonds is 0. The van der Waals surface area contributed by atoms with Crippen LogP contribution in [-0.4, -0.2) is 9.55 Å². The Morgan fingerprint density at radius 3 is 2.11 bits per heavy atom. The summed E-state index contributed by atoms with van der Waals surface area (Å²) in [6.45, 7) is 3.63. The Morgan fingerprint density at radius 1 is 1.44 bits per heavy atom. The third-order valence-electron chi connectivity index (χ3n) is 1.56. The first-order chi connectivity index (χ1) is 4.13. The van der Waals surface area contributed by atoms with Crippen molar-refractivity contribution in [1.29, 1.82) is 0 Å². The SMILES string of the molecule is Cc1nc(F)n(C)c1C. The molecular weight excluding hydrogens is 119 g/mol. The molecule has 0 unspecified atom stereocenters. The maximum absolute atomic E-state index is 12.5. The Balaban J connectivity index is 3.29. The highest BCUT2D eigenvalue weighted by Gasteiger charge is 2.04. The third-order valence-corrected chi connectivity index (χ3v) is 1.56. The Morgan fingerprint density at radius 2 is 2.00 bits per heavy atom. The van der Waals surface area contributed by atoms with Crippen LogP contribution in [0.5, 0.6) is 0 Å². The minimum atomic E-state index is -0.412. The lowest BCUT2D eigenvalue weighted by atomic mass is 10.4. The molecule has 3 heteroatoms. The van der Waals surface area contributed by atoms with E-state index in [0.29, 0.717) is 0 Å². The summed E-state index contributed by atoms with van der Waals surface area (Å²) in [6, 6.07) is 0. The Labute approximate surface area is 53.3 Å². The molecule has 1 rings (SSSR count). The smallest absolute Gasteiger partial charge is 0.289 e. The van der Waals surface area contributed by atoms with Gasteiger partial charge < -0.3 is 4.57 Å². The second-order valence-corrected chi connectivity index (χ2v) is 2.11. The van der Waals surface area contributed by atoms with E-state index in [-0.39, 0.29) is 0 Å². The Kier molecular flexibility index (Phi) is 1.27. The van der Waals surface area contributed by atoms with Crippen molar-refractivity contribution in [3.63, 3.8) is 0 Å². The molecule has 0 aliphatic rings. The quantitative estimate of drug-likeness (QED) is 0.513. The average molecular weight is 128 g/mol. The van der Waals surface area contributed by atoms with Gasteiger partial charge in [0.1, 0.15) is 0 Å². The minimum Gasteiger partial charge on any atom is -0.308 e. The summed E-state index contributed by atoms with van der Waals surface area (Å²) in [5.74, 6) is 0. The van der Waals surface area contributed by atoms with Crippen molar-refractivity contribution >= 4 is 0 Å². The molecule has 1 aromatic rings.